The first-order valence-corrected chi connectivity index (χ1v) is 5.44. The normalized spacial score (nSPS) is 11.1. The third kappa shape index (κ3) is 1.52. The predicted octanol–water partition coefficient (Wildman–Crippen LogP) is 2.17. The van der Waals surface area contributed by atoms with Gasteiger partial charge in [-0.2, -0.15) is 0 Å². The Morgan fingerprint density at radius 1 is 1.00 bits per heavy atom. The maximum Gasteiger partial charge on any atom is 0.256 e. The number of para-hydroxylation sites is 1. The second kappa shape index (κ2) is 3.71. The highest BCUT2D eigenvalue weighted by Crippen LogP contribution is 2.21. The third-order valence-corrected chi connectivity index (χ3v) is 2.98. The summed E-state index contributed by atoms with van der Waals surface area (Å²) >= 11 is 0. The molecule has 3 heteroatoms. The number of fused-ring (bicyclic) bond motifs is 3. The average Bonchev–Trinajstić information content (AvgIpc) is 2.38. The first-order chi connectivity index (χ1) is 8.29. The summed E-state index contributed by atoms with van der Waals surface area (Å²) in [5, 5.41) is 11.7. The van der Waals surface area contributed by atoms with Crippen LogP contribution in [0.15, 0.2) is 47.3 Å². The number of rotatable bonds is 1. The van der Waals surface area contributed by atoms with Crippen LogP contribution in [-0.4, -0.2) is 10.1 Å². The quantitative estimate of drug-likeness (QED) is 0.623. The summed E-state index contributed by atoms with van der Waals surface area (Å²) < 4.78 is 0. The molecule has 1 heterocycles. The number of aromatic nitrogens is 1. The van der Waals surface area contributed by atoms with E-state index in [1.54, 1.807) is 12.1 Å². The molecule has 17 heavy (non-hydrogen) atoms. The van der Waals surface area contributed by atoms with Gasteiger partial charge in [0, 0.05) is 16.3 Å². The van der Waals surface area contributed by atoms with Crippen LogP contribution < -0.4 is 5.56 Å². The first-order valence-electron chi connectivity index (χ1n) is 5.44. The van der Waals surface area contributed by atoms with Gasteiger partial charge in [-0.1, -0.05) is 24.3 Å². The van der Waals surface area contributed by atoms with Gasteiger partial charge in [0.25, 0.3) is 5.56 Å². The number of H-pyrrole nitrogens is 1. The Bertz CT molecular complexity index is 759. The molecule has 0 bridgehead atoms. The highest BCUT2D eigenvalue weighted by atomic mass is 16.3. The van der Waals surface area contributed by atoms with Crippen molar-refractivity contribution in [3.8, 4) is 0 Å². The van der Waals surface area contributed by atoms with Crippen molar-refractivity contribution < 1.29 is 5.11 Å². The summed E-state index contributed by atoms with van der Waals surface area (Å²) in [6.07, 6.45) is 0. The van der Waals surface area contributed by atoms with Crippen LogP contribution in [0.1, 0.15) is 5.56 Å². The fourth-order valence-electron chi connectivity index (χ4n) is 2.13. The molecule has 0 atom stereocenters. The molecule has 3 rings (SSSR count). The van der Waals surface area contributed by atoms with Crippen molar-refractivity contribution in [1.29, 1.82) is 0 Å². The summed E-state index contributed by atoms with van der Waals surface area (Å²) in [6.45, 7) is -0.0168. The topological polar surface area (TPSA) is 53.1 Å². The number of hydrogen-bond acceptors (Lipinski definition) is 2. The van der Waals surface area contributed by atoms with E-state index in [-0.39, 0.29) is 12.2 Å². The van der Waals surface area contributed by atoms with E-state index in [0.29, 0.717) is 5.39 Å². The van der Waals surface area contributed by atoms with E-state index in [1.807, 2.05) is 30.3 Å². The van der Waals surface area contributed by atoms with Crippen LogP contribution in [0.3, 0.4) is 0 Å². The molecule has 0 aliphatic carbocycles. The fourth-order valence-corrected chi connectivity index (χ4v) is 2.13. The first kappa shape index (κ1) is 10.1. The molecule has 3 aromatic rings. The Morgan fingerprint density at radius 3 is 2.65 bits per heavy atom. The van der Waals surface area contributed by atoms with Gasteiger partial charge in [-0.15, -0.1) is 0 Å². The standard InChI is InChI=1S/C14H11NO2/c16-8-9-5-6-11-12(7-9)10-3-1-2-4-13(10)15-14(11)17/h1-7,16H,8H2,(H,15,17). The minimum absolute atomic E-state index is 0.0168. The number of aliphatic hydroxyl groups is 1. The van der Waals surface area contributed by atoms with Crippen LogP contribution >= 0.6 is 0 Å². The van der Waals surface area contributed by atoms with Gasteiger partial charge in [-0.25, -0.2) is 0 Å². The zero-order chi connectivity index (χ0) is 11.8. The van der Waals surface area contributed by atoms with E-state index < -0.39 is 0 Å². The van der Waals surface area contributed by atoms with Gasteiger partial charge < -0.3 is 10.1 Å². The van der Waals surface area contributed by atoms with Crippen LogP contribution in [0.4, 0.5) is 0 Å². The molecule has 0 saturated heterocycles. The summed E-state index contributed by atoms with van der Waals surface area (Å²) in [5.41, 5.74) is 1.54. The van der Waals surface area contributed by atoms with E-state index in [0.717, 1.165) is 21.9 Å². The van der Waals surface area contributed by atoms with E-state index in [2.05, 4.69) is 4.98 Å². The van der Waals surface area contributed by atoms with Gasteiger partial charge in [0.05, 0.1) is 6.61 Å². The average molecular weight is 225 g/mol. The molecule has 3 nitrogen and oxygen atoms in total. The molecular formula is C14H11NO2. The predicted molar refractivity (Wildman–Crippen MR) is 68.0 cm³/mol. The minimum atomic E-state index is -0.0943. The molecule has 0 spiro atoms. The smallest absolute Gasteiger partial charge is 0.256 e. The Kier molecular flexibility index (Phi) is 2.20. The molecule has 0 aliphatic rings. The molecular weight excluding hydrogens is 214 g/mol. The number of aliphatic hydroxyl groups excluding tert-OH is 1. The van der Waals surface area contributed by atoms with Crippen LogP contribution in [-0.2, 0) is 6.61 Å². The van der Waals surface area contributed by atoms with Crippen molar-refractivity contribution in [3.05, 3.63) is 58.4 Å². The van der Waals surface area contributed by atoms with Crippen LogP contribution in [0.5, 0.6) is 0 Å². The monoisotopic (exact) mass is 225 g/mol. The van der Waals surface area contributed by atoms with Crippen LogP contribution in [0.25, 0.3) is 21.7 Å². The Morgan fingerprint density at radius 2 is 1.82 bits per heavy atom. The second-order valence-corrected chi connectivity index (χ2v) is 4.04. The molecule has 2 N–H and O–H groups in total. The van der Waals surface area contributed by atoms with Gasteiger partial charge in [0.15, 0.2) is 0 Å². The summed E-state index contributed by atoms with van der Waals surface area (Å²) in [5.74, 6) is 0. The van der Waals surface area contributed by atoms with E-state index in [9.17, 15) is 4.79 Å². The maximum absolute atomic E-state index is 11.9. The van der Waals surface area contributed by atoms with Crippen molar-refractivity contribution in [2.24, 2.45) is 0 Å². The fraction of sp³-hybridized carbons (Fsp3) is 0.0714. The molecule has 2 aromatic carbocycles. The number of hydrogen-bond donors (Lipinski definition) is 2. The van der Waals surface area contributed by atoms with Crippen molar-refractivity contribution in [3.63, 3.8) is 0 Å². The summed E-state index contributed by atoms with van der Waals surface area (Å²) in [7, 11) is 0. The lowest BCUT2D eigenvalue weighted by atomic mass is 10.0. The van der Waals surface area contributed by atoms with Crippen LogP contribution in [0, 0.1) is 0 Å². The Balaban J connectivity index is 2.57. The molecule has 1 aromatic heterocycles. The second-order valence-electron chi connectivity index (χ2n) is 4.04. The lowest BCUT2D eigenvalue weighted by Gasteiger charge is -2.04. The molecule has 0 saturated carbocycles. The van der Waals surface area contributed by atoms with Gasteiger partial charge in [0.2, 0.25) is 0 Å². The zero-order valence-electron chi connectivity index (χ0n) is 9.10. The lowest BCUT2D eigenvalue weighted by Crippen LogP contribution is -2.06. The highest BCUT2D eigenvalue weighted by molar-refractivity contribution is 6.05. The molecule has 0 unspecified atom stereocenters. The molecule has 0 amide bonds. The number of pyridine rings is 1. The molecule has 0 aliphatic heterocycles. The van der Waals surface area contributed by atoms with Gasteiger partial charge >= 0.3 is 0 Å². The highest BCUT2D eigenvalue weighted by Gasteiger charge is 2.05. The van der Waals surface area contributed by atoms with Gasteiger partial charge in [-0.05, 0) is 29.1 Å². The van der Waals surface area contributed by atoms with Gasteiger partial charge in [0.1, 0.15) is 0 Å². The summed E-state index contributed by atoms with van der Waals surface area (Å²) in [4.78, 5) is 14.7. The third-order valence-electron chi connectivity index (χ3n) is 2.98. The molecule has 0 radical (unpaired) electrons. The molecule has 84 valence electrons. The lowest BCUT2D eigenvalue weighted by molar-refractivity contribution is 0.282. The number of nitrogens with one attached hydrogen (secondary N) is 1. The SMILES string of the molecule is O=c1[nH]c2ccccc2c2cc(CO)ccc12. The summed E-state index contributed by atoms with van der Waals surface area (Å²) in [6, 6.07) is 13.1. The van der Waals surface area contributed by atoms with Gasteiger partial charge in [-0.3, -0.25) is 4.79 Å². The molecule has 0 fully saturated rings. The van der Waals surface area contributed by atoms with Crippen molar-refractivity contribution in [1.82, 2.24) is 4.98 Å². The maximum atomic E-state index is 11.9. The van der Waals surface area contributed by atoms with E-state index in [1.165, 1.54) is 0 Å². The number of aromatic amines is 1. The largest absolute Gasteiger partial charge is 0.392 e. The number of benzene rings is 2. The zero-order valence-corrected chi connectivity index (χ0v) is 9.10. The van der Waals surface area contributed by atoms with Crippen molar-refractivity contribution >= 4 is 21.7 Å². The van der Waals surface area contributed by atoms with Crippen molar-refractivity contribution in [2.45, 2.75) is 6.61 Å². The van der Waals surface area contributed by atoms with Crippen LogP contribution in [0.2, 0.25) is 0 Å². The Hall–Kier alpha value is -2.13. The minimum Gasteiger partial charge on any atom is -0.392 e. The van der Waals surface area contributed by atoms with Crippen molar-refractivity contribution in [2.75, 3.05) is 0 Å². The Labute approximate surface area is 97.3 Å². The van der Waals surface area contributed by atoms with E-state index >= 15 is 0 Å². The van der Waals surface area contributed by atoms with E-state index in [4.69, 9.17) is 5.11 Å².